The Kier molecular flexibility index (Phi) is 6.76. The molecule has 124 valence electrons. The minimum absolute atomic E-state index is 0.350. The van der Waals surface area contributed by atoms with Gasteiger partial charge in [-0.3, -0.25) is 4.98 Å². The first-order chi connectivity index (χ1) is 10.7. The lowest BCUT2D eigenvalue weighted by atomic mass is 9.86. The summed E-state index contributed by atoms with van der Waals surface area (Å²) in [6.45, 7) is 9.64. The zero-order valence-electron chi connectivity index (χ0n) is 14.5. The maximum absolute atomic E-state index is 11.1. The molecule has 0 aliphatic carbocycles. The number of nitrogens with zero attached hydrogens (tertiary/aromatic N) is 1. The minimum Gasteiger partial charge on any atom is -0.480 e. The molecule has 2 aromatic rings. The summed E-state index contributed by atoms with van der Waals surface area (Å²) in [5.41, 5.74) is 2.61. The normalized spacial score (nSPS) is 11.9. The van der Waals surface area contributed by atoms with E-state index in [1.807, 2.05) is 58.0 Å². The highest BCUT2D eigenvalue weighted by Gasteiger charge is 2.30. The molecule has 23 heavy (non-hydrogen) atoms. The van der Waals surface area contributed by atoms with E-state index in [1.54, 1.807) is 6.20 Å². The van der Waals surface area contributed by atoms with Crippen LogP contribution in [0.1, 0.15) is 32.0 Å². The lowest BCUT2D eigenvalue weighted by Gasteiger charge is -2.28. The zero-order chi connectivity index (χ0) is 17.5. The van der Waals surface area contributed by atoms with Crippen molar-refractivity contribution >= 4 is 11.7 Å². The highest BCUT2D eigenvalue weighted by atomic mass is 16.4. The van der Waals surface area contributed by atoms with Gasteiger partial charge in [0.1, 0.15) is 6.04 Å². The molecule has 4 heteroatoms. The second-order valence-corrected chi connectivity index (χ2v) is 6.62. The van der Waals surface area contributed by atoms with Crippen molar-refractivity contribution < 1.29 is 9.90 Å². The van der Waals surface area contributed by atoms with Gasteiger partial charge < -0.3 is 10.4 Å². The smallest absolute Gasteiger partial charge is 0.326 e. The molecule has 1 heterocycles. The summed E-state index contributed by atoms with van der Waals surface area (Å²) in [6.07, 6.45) is 1.65. The van der Waals surface area contributed by atoms with Gasteiger partial charge in [0.05, 0.1) is 11.9 Å². The molecular formula is C19H26N2O2. The summed E-state index contributed by atoms with van der Waals surface area (Å²) in [7, 11) is 0. The van der Waals surface area contributed by atoms with E-state index in [0.717, 1.165) is 11.4 Å². The Morgan fingerprint density at radius 3 is 2.04 bits per heavy atom. The number of nitrogens with one attached hydrogen (secondary N) is 1. The number of rotatable bonds is 3. The van der Waals surface area contributed by atoms with Crippen molar-refractivity contribution in [2.75, 3.05) is 5.32 Å². The summed E-state index contributed by atoms with van der Waals surface area (Å²) in [5.74, 6) is -0.854. The summed E-state index contributed by atoms with van der Waals surface area (Å²) >= 11 is 0. The molecule has 0 saturated carbocycles. The monoisotopic (exact) mass is 314 g/mol. The van der Waals surface area contributed by atoms with E-state index < -0.39 is 12.0 Å². The molecular weight excluding hydrogens is 288 g/mol. The molecule has 1 atom stereocenters. The Labute approximate surface area is 138 Å². The lowest BCUT2D eigenvalue weighted by molar-refractivity contribution is -0.140. The number of carboxylic acids is 1. The van der Waals surface area contributed by atoms with E-state index in [0.29, 0.717) is 0 Å². The second-order valence-electron chi connectivity index (χ2n) is 6.62. The molecule has 0 aliphatic rings. The number of benzene rings is 1. The Morgan fingerprint density at radius 2 is 1.70 bits per heavy atom. The van der Waals surface area contributed by atoms with Gasteiger partial charge in [-0.2, -0.15) is 0 Å². The standard InChI is InChI=1S/C12H18N2O2.C7H8/c1-8-5-6-9(7-13-8)14-10(11(15)16)12(2,3)4;1-7-5-3-2-4-6-7/h5-7,10,14H,1-4H3,(H,15,16);2-6H,1H3. The number of aliphatic carboxylic acids is 1. The van der Waals surface area contributed by atoms with Gasteiger partial charge in [0.15, 0.2) is 0 Å². The quantitative estimate of drug-likeness (QED) is 0.887. The van der Waals surface area contributed by atoms with E-state index in [9.17, 15) is 4.79 Å². The fourth-order valence-corrected chi connectivity index (χ4v) is 1.90. The van der Waals surface area contributed by atoms with Gasteiger partial charge in [-0.05, 0) is 31.4 Å². The molecule has 1 unspecified atom stereocenters. The minimum atomic E-state index is -0.854. The topological polar surface area (TPSA) is 62.2 Å². The number of aryl methyl sites for hydroxylation is 2. The maximum Gasteiger partial charge on any atom is 0.326 e. The summed E-state index contributed by atoms with van der Waals surface area (Å²) in [4.78, 5) is 15.3. The average molecular weight is 314 g/mol. The SMILES string of the molecule is Cc1ccc(NC(C(=O)O)C(C)(C)C)cn1.Cc1ccccc1. The van der Waals surface area contributed by atoms with Crippen molar-refractivity contribution in [1.82, 2.24) is 4.98 Å². The van der Waals surface area contributed by atoms with E-state index in [1.165, 1.54) is 5.56 Å². The average Bonchev–Trinajstić information content (AvgIpc) is 2.46. The number of anilines is 1. The van der Waals surface area contributed by atoms with Crippen LogP contribution in [0.15, 0.2) is 48.7 Å². The molecule has 2 rings (SSSR count). The van der Waals surface area contributed by atoms with Crippen LogP contribution in [0.2, 0.25) is 0 Å². The molecule has 0 aliphatic heterocycles. The number of carboxylic acid groups (broad SMARTS) is 1. The molecule has 0 radical (unpaired) electrons. The van der Waals surface area contributed by atoms with Crippen LogP contribution < -0.4 is 5.32 Å². The first-order valence-corrected chi connectivity index (χ1v) is 7.64. The van der Waals surface area contributed by atoms with E-state index in [-0.39, 0.29) is 5.41 Å². The molecule has 1 aromatic carbocycles. The van der Waals surface area contributed by atoms with Crippen LogP contribution in [0.5, 0.6) is 0 Å². The summed E-state index contributed by atoms with van der Waals surface area (Å²) in [6, 6.07) is 13.3. The van der Waals surface area contributed by atoms with Crippen LogP contribution >= 0.6 is 0 Å². The largest absolute Gasteiger partial charge is 0.480 e. The predicted molar refractivity (Wildman–Crippen MR) is 94.7 cm³/mol. The third-order valence-electron chi connectivity index (χ3n) is 3.28. The fraction of sp³-hybridized carbons (Fsp3) is 0.368. The van der Waals surface area contributed by atoms with Gasteiger partial charge in [0, 0.05) is 5.69 Å². The van der Waals surface area contributed by atoms with Crippen molar-refractivity contribution in [2.45, 2.75) is 40.7 Å². The van der Waals surface area contributed by atoms with Crippen LogP contribution in [-0.4, -0.2) is 22.1 Å². The van der Waals surface area contributed by atoms with Crippen molar-refractivity contribution in [1.29, 1.82) is 0 Å². The fourth-order valence-electron chi connectivity index (χ4n) is 1.90. The van der Waals surface area contributed by atoms with E-state index >= 15 is 0 Å². The van der Waals surface area contributed by atoms with Crippen LogP contribution in [0, 0.1) is 19.3 Å². The van der Waals surface area contributed by atoms with Crippen molar-refractivity contribution in [3.8, 4) is 0 Å². The Balaban J connectivity index is 0.000000313. The van der Waals surface area contributed by atoms with Gasteiger partial charge in [0.2, 0.25) is 0 Å². The first kappa shape index (κ1) is 18.7. The molecule has 4 nitrogen and oxygen atoms in total. The number of hydrogen-bond acceptors (Lipinski definition) is 3. The van der Waals surface area contributed by atoms with Crippen LogP contribution in [0.4, 0.5) is 5.69 Å². The number of pyridine rings is 1. The maximum atomic E-state index is 11.1. The van der Waals surface area contributed by atoms with Gasteiger partial charge in [-0.1, -0.05) is 56.7 Å². The molecule has 2 N–H and O–H groups in total. The second kappa shape index (κ2) is 8.32. The van der Waals surface area contributed by atoms with Crippen molar-refractivity contribution in [3.05, 3.63) is 59.9 Å². The van der Waals surface area contributed by atoms with Crippen molar-refractivity contribution in [3.63, 3.8) is 0 Å². The highest BCUT2D eigenvalue weighted by Crippen LogP contribution is 2.23. The molecule has 1 aromatic heterocycles. The molecule has 0 saturated heterocycles. The Morgan fingerprint density at radius 1 is 1.09 bits per heavy atom. The van der Waals surface area contributed by atoms with Crippen LogP contribution in [0.25, 0.3) is 0 Å². The lowest BCUT2D eigenvalue weighted by Crippen LogP contribution is -2.41. The summed E-state index contributed by atoms with van der Waals surface area (Å²) in [5, 5.41) is 12.1. The van der Waals surface area contributed by atoms with Gasteiger partial charge in [0.25, 0.3) is 0 Å². The number of carbonyl (C=O) groups is 1. The van der Waals surface area contributed by atoms with E-state index in [2.05, 4.69) is 29.4 Å². The third kappa shape index (κ3) is 6.96. The van der Waals surface area contributed by atoms with Crippen LogP contribution in [0.3, 0.4) is 0 Å². The number of hydrogen-bond donors (Lipinski definition) is 2. The van der Waals surface area contributed by atoms with E-state index in [4.69, 9.17) is 5.11 Å². The number of aromatic nitrogens is 1. The first-order valence-electron chi connectivity index (χ1n) is 7.64. The molecule has 0 bridgehead atoms. The van der Waals surface area contributed by atoms with Crippen molar-refractivity contribution in [2.24, 2.45) is 5.41 Å². The highest BCUT2D eigenvalue weighted by molar-refractivity contribution is 5.78. The Hall–Kier alpha value is -2.36. The summed E-state index contributed by atoms with van der Waals surface area (Å²) < 4.78 is 0. The van der Waals surface area contributed by atoms with Gasteiger partial charge >= 0.3 is 5.97 Å². The Bertz CT molecular complexity index is 602. The zero-order valence-corrected chi connectivity index (χ0v) is 14.5. The molecule has 0 spiro atoms. The molecule has 0 fully saturated rings. The van der Waals surface area contributed by atoms with Gasteiger partial charge in [-0.25, -0.2) is 4.79 Å². The third-order valence-corrected chi connectivity index (χ3v) is 3.28. The molecule has 0 amide bonds. The predicted octanol–water partition coefficient (Wildman–Crippen LogP) is 4.30. The van der Waals surface area contributed by atoms with Gasteiger partial charge in [-0.15, -0.1) is 0 Å². The van der Waals surface area contributed by atoms with Crippen LogP contribution in [-0.2, 0) is 4.79 Å².